The Bertz CT molecular complexity index is 1200. The molecule has 2 aromatic heterocycles. The number of ether oxygens (including phenoxy) is 1. The Balaban J connectivity index is 1.89. The van der Waals surface area contributed by atoms with Crippen molar-refractivity contribution in [3.8, 4) is 5.75 Å². The number of carbonyl (C=O) groups excluding carboxylic acids is 1. The highest BCUT2D eigenvalue weighted by Crippen LogP contribution is 2.36. The largest absolute Gasteiger partial charge is 0.422 e. The molecule has 5 nitrogen and oxygen atoms in total. The highest BCUT2D eigenvalue weighted by atomic mass is 19.1. The molecule has 1 aliphatic rings. The molecule has 3 heterocycles. The molecule has 0 bridgehead atoms. The fraction of sp³-hybridized carbons (Fsp3) is 0.375. The Kier molecular flexibility index (Phi) is 4.76. The van der Waals surface area contributed by atoms with Crippen LogP contribution in [0.2, 0.25) is 0 Å². The Morgan fingerprint density at radius 1 is 1.30 bits per heavy atom. The Labute approximate surface area is 175 Å². The van der Waals surface area contributed by atoms with E-state index in [1.165, 1.54) is 6.07 Å². The maximum Gasteiger partial charge on any atom is 0.347 e. The van der Waals surface area contributed by atoms with Crippen LogP contribution < -0.4 is 4.74 Å². The molecule has 0 aliphatic carbocycles. The van der Waals surface area contributed by atoms with E-state index in [2.05, 4.69) is 16.7 Å². The SMILES string of the molecule is C=Cc1nn2c(c1C(=O)Oc1c(C)c(C)nc3c(F)cc(C(C)(C)C)cc13)CCC2. The van der Waals surface area contributed by atoms with E-state index in [1.807, 2.05) is 38.4 Å². The lowest BCUT2D eigenvalue weighted by Gasteiger charge is -2.21. The summed E-state index contributed by atoms with van der Waals surface area (Å²) in [5.41, 5.74) is 3.91. The number of carbonyl (C=O) groups is 1. The molecule has 0 saturated carbocycles. The number of hydrogen-bond donors (Lipinski definition) is 0. The molecule has 0 fully saturated rings. The zero-order valence-corrected chi connectivity index (χ0v) is 18.1. The normalized spacial score (nSPS) is 13.5. The maximum atomic E-state index is 14.9. The van der Waals surface area contributed by atoms with E-state index >= 15 is 0 Å². The predicted octanol–water partition coefficient (Wildman–Crippen LogP) is 5.29. The van der Waals surface area contributed by atoms with Crippen molar-refractivity contribution < 1.29 is 13.9 Å². The molecule has 0 N–H and O–H groups in total. The molecule has 0 saturated heterocycles. The first-order valence-corrected chi connectivity index (χ1v) is 10.2. The highest BCUT2D eigenvalue weighted by Gasteiger charge is 2.28. The van der Waals surface area contributed by atoms with E-state index in [-0.39, 0.29) is 10.9 Å². The number of benzene rings is 1. The first kappa shape index (κ1) is 20.3. The molecule has 0 radical (unpaired) electrons. The van der Waals surface area contributed by atoms with Gasteiger partial charge in [0.25, 0.3) is 0 Å². The zero-order valence-electron chi connectivity index (χ0n) is 18.1. The number of aromatic nitrogens is 3. The minimum Gasteiger partial charge on any atom is -0.422 e. The van der Waals surface area contributed by atoms with E-state index in [9.17, 15) is 9.18 Å². The Morgan fingerprint density at radius 2 is 2.03 bits per heavy atom. The molecule has 6 heteroatoms. The molecule has 0 atom stereocenters. The number of hydrogen-bond acceptors (Lipinski definition) is 4. The molecule has 30 heavy (non-hydrogen) atoms. The van der Waals surface area contributed by atoms with Gasteiger partial charge in [-0.25, -0.2) is 14.2 Å². The standard InChI is InChI=1S/C24H26FN3O2/c1-7-18-20(19-9-8-10-28(19)27-18)23(29)30-22-13(2)14(3)26-21-16(22)11-15(12-17(21)25)24(4,5)6/h7,11-12H,1,8-10H2,2-6H3. The van der Waals surface area contributed by atoms with Crippen LogP contribution in [0.1, 0.15) is 65.8 Å². The number of nitrogens with zero attached hydrogens (tertiary/aromatic N) is 3. The van der Waals surface area contributed by atoms with E-state index in [0.29, 0.717) is 33.7 Å². The topological polar surface area (TPSA) is 57.0 Å². The van der Waals surface area contributed by atoms with E-state index in [1.54, 1.807) is 13.0 Å². The third kappa shape index (κ3) is 3.20. The summed E-state index contributed by atoms with van der Waals surface area (Å²) in [6, 6.07) is 3.38. The minimum absolute atomic E-state index is 0.207. The average molecular weight is 407 g/mol. The molecule has 0 spiro atoms. The number of aryl methyl sites for hydroxylation is 2. The van der Waals surface area contributed by atoms with E-state index in [0.717, 1.165) is 30.6 Å². The Morgan fingerprint density at radius 3 is 2.70 bits per heavy atom. The fourth-order valence-electron chi connectivity index (χ4n) is 3.93. The first-order chi connectivity index (χ1) is 14.1. The molecular weight excluding hydrogens is 381 g/mol. The van der Waals surface area contributed by atoms with E-state index < -0.39 is 11.8 Å². The monoisotopic (exact) mass is 407 g/mol. The van der Waals surface area contributed by atoms with Gasteiger partial charge in [0, 0.05) is 23.2 Å². The van der Waals surface area contributed by atoms with Crippen molar-refractivity contribution in [2.75, 3.05) is 0 Å². The molecule has 4 rings (SSSR count). The highest BCUT2D eigenvalue weighted by molar-refractivity contribution is 5.98. The van der Waals surface area contributed by atoms with Gasteiger partial charge in [-0.1, -0.05) is 27.4 Å². The van der Waals surface area contributed by atoms with Crippen LogP contribution in [0.3, 0.4) is 0 Å². The van der Waals surface area contributed by atoms with Crippen molar-refractivity contribution in [1.82, 2.24) is 14.8 Å². The van der Waals surface area contributed by atoms with Crippen LogP contribution in [0.25, 0.3) is 17.0 Å². The number of halogens is 1. The zero-order chi connectivity index (χ0) is 21.8. The first-order valence-electron chi connectivity index (χ1n) is 10.2. The fourth-order valence-corrected chi connectivity index (χ4v) is 3.93. The van der Waals surface area contributed by atoms with Crippen molar-refractivity contribution in [2.45, 2.75) is 59.4 Å². The lowest BCUT2D eigenvalue weighted by Crippen LogP contribution is -2.15. The van der Waals surface area contributed by atoms with Crippen LogP contribution >= 0.6 is 0 Å². The second-order valence-corrected chi connectivity index (χ2v) is 8.88. The van der Waals surface area contributed by atoms with Gasteiger partial charge in [0.05, 0.1) is 11.4 Å². The van der Waals surface area contributed by atoms with Gasteiger partial charge in [-0.05, 0) is 55.9 Å². The summed E-state index contributed by atoms with van der Waals surface area (Å²) in [6.45, 7) is 14.2. The number of fused-ring (bicyclic) bond motifs is 2. The number of pyridine rings is 1. The van der Waals surface area contributed by atoms with Gasteiger partial charge in [-0.15, -0.1) is 0 Å². The molecule has 3 aromatic rings. The summed E-state index contributed by atoms with van der Waals surface area (Å²) in [4.78, 5) is 17.7. The third-order valence-corrected chi connectivity index (χ3v) is 5.80. The lowest BCUT2D eigenvalue weighted by molar-refractivity contribution is 0.0734. The average Bonchev–Trinajstić information content (AvgIpc) is 3.25. The van der Waals surface area contributed by atoms with Gasteiger partial charge in [-0.2, -0.15) is 5.10 Å². The van der Waals surface area contributed by atoms with E-state index in [4.69, 9.17) is 4.74 Å². The van der Waals surface area contributed by atoms with Crippen molar-refractivity contribution >= 4 is 22.9 Å². The molecule has 1 aliphatic heterocycles. The van der Waals surface area contributed by atoms with Gasteiger partial charge >= 0.3 is 5.97 Å². The molecule has 156 valence electrons. The van der Waals surface area contributed by atoms with Gasteiger partial charge in [0.2, 0.25) is 0 Å². The molecule has 1 aromatic carbocycles. The second-order valence-electron chi connectivity index (χ2n) is 8.88. The summed E-state index contributed by atoms with van der Waals surface area (Å²) >= 11 is 0. The van der Waals surface area contributed by atoms with Crippen LogP contribution in [0, 0.1) is 19.7 Å². The molecule has 0 amide bonds. The van der Waals surface area contributed by atoms with Crippen LogP contribution in [-0.2, 0) is 18.4 Å². The van der Waals surface area contributed by atoms with Gasteiger partial charge < -0.3 is 4.74 Å². The molecular formula is C24H26FN3O2. The van der Waals surface area contributed by atoms with Crippen LogP contribution in [0.4, 0.5) is 4.39 Å². The second kappa shape index (κ2) is 7.04. The van der Waals surface area contributed by atoms with Gasteiger partial charge in [0.1, 0.15) is 22.6 Å². The van der Waals surface area contributed by atoms with Crippen molar-refractivity contribution in [3.05, 3.63) is 58.3 Å². The molecule has 0 unspecified atom stereocenters. The van der Waals surface area contributed by atoms with Crippen LogP contribution in [0.5, 0.6) is 5.75 Å². The third-order valence-electron chi connectivity index (χ3n) is 5.80. The minimum atomic E-state index is -0.496. The smallest absolute Gasteiger partial charge is 0.347 e. The summed E-state index contributed by atoms with van der Waals surface area (Å²) in [6.07, 6.45) is 3.28. The summed E-state index contributed by atoms with van der Waals surface area (Å²) in [5, 5.41) is 4.96. The van der Waals surface area contributed by atoms with Gasteiger partial charge in [-0.3, -0.25) is 4.68 Å². The van der Waals surface area contributed by atoms with Crippen molar-refractivity contribution in [2.24, 2.45) is 0 Å². The predicted molar refractivity (Wildman–Crippen MR) is 115 cm³/mol. The summed E-state index contributed by atoms with van der Waals surface area (Å²) in [7, 11) is 0. The summed E-state index contributed by atoms with van der Waals surface area (Å²) < 4.78 is 22.7. The Hall–Kier alpha value is -3.02. The lowest BCUT2D eigenvalue weighted by atomic mass is 9.86. The van der Waals surface area contributed by atoms with Crippen LogP contribution in [-0.4, -0.2) is 20.7 Å². The number of esters is 1. The van der Waals surface area contributed by atoms with Crippen LogP contribution in [0.15, 0.2) is 18.7 Å². The quantitative estimate of drug-likeness (QED) is 0.553. The van der Waals surface area contributed by atoms with Gasteiger partial charge in [0.15, 0.2) is 0 Å². The van der Waals surface area contributed by atoms with Crippen molar-refractivity contribution in [1.29, 1.82) is 0 Å². The van der Waals surface area contributed by atoms with Crippen molar-refractivity contribution in [3.63, 3.8) is 0 Å². The maximum absolute atomic E-state index is 14.9. The summed E-state index contributed by atoms with van der Waals surface area (Å²) in [5.74, 6) is -0.568. The number of rotatable bonds is 3.